The molecule has 4 rings (SSSR count). The number of rotatable bonds is 0. The molecule has 0 radical (unpaired) electrons. The molecule has 0 spiro atoms. The fraction of sp³-hybridized carbons (Fsp3) is 1.00. The fourth-order valence-corrected chi connectivity index (χ4v) is 5.67. The zero-order valence-corrected chi connectivity index (χ0v) is 11.5. The Labute approximate surface area is 104 Å². The molecule has 6 atom stereocenters. The molecule has 4 saturated carbocycles. The Morgan fingerprint density at radius 1 is 1.12 bits per heavy atom. The highest BCUT2D eigenvalue weighted by molar-refractivity contribution is 5.22. The number of hydrogen-bond donors (Lipinski definition) is 2. The topological polar surface area (TPSA) is 40.5 Å². The second kappa shape index (κ2) is 3.08. The monoisotopic (exact) mass is 238 g/mol. The zero-order valence-electron chi connectivity index (χ0n) is 11.5. The maximum Gasteiger partial charge on any atom is 0.0781 e. The number of aliphatic hydroxyl groups excluding tert-OH is 1. The molecular weight excluding hydrogens is 212 g/mol. The summed E-state index contributed by atoms with van der Waals surface area (Å²) in [6.45, 7) is 8.88. The van der Waals surface area contributed by atoms with E-state index in [2.05, 4.69) is 27.7 Å². The van der Waals surface area contributed by atoms with Gasteiger partial charge in [-0.1, -0.05) is 27.7 Å². The van der Waals surface area contributed by atoms with E-state index in [4.69, 9.17) is 0 Å². The number of aliphatic hydroxyl groups is 2. The van der Waals surface area contributed by atoms with Crippen LogP contribution in [0.4, 0.5) is 0 Å². The molecule has 2 heteroatoms. The lowest BCUT2D eigenvalue weighted by Crippen LogP contribution is -2.75. The minimum atomic E-state index is -0.669. The summed E-state index contributed by atoms with van der Waals surface area (Å²) >= 11 is 0. The lowest BCUT2D eigenvalue weighted by atomic mass is 9.35. The van der Waals surface area contributed by atoms with Crippen LogP contribution in [0.25, 0.3) is 0 Å². The van der Waals surface area contributed by atoms with E-state index in [1.807, 2.05) is 0 Å². The molecule has 2 N–H and O–H groups in total. The number of fused-ring (bicyclic) bond motifs is 1. The third-order valence-electron chi connectivity index (χ3n) is 7.13. The van der Waals surface area contributed by atoms with Gasteiger partial charge in [-0.05, 0) is 48.9 Å². The molecule has 0 aliphatic heterocycles. The Kier molecular flexibility index (Phi) is 2.17. The zero-order chi connectivity index (χ0) is 12.6. The molecule has 2 nitrogen and oxygen atoms in total. The van der Waals surface area contributed by atoms with Crippen LogP contribution in [-0.4, -0.2) is 21.9 Å². The van der Waals surface area contributed by atoms with Crippen molar-refractivity contribution in [1.29, 1.82) is 0 Å². The SMILES string of the molecule is CC1CCC2(O)C(C)(C)C3CC(O)C2(C)C1C3. The van der Waals surface area contributed by atoms with E-state index in [0.29, 0.717) is 17.8 Å². The van der Waals surface area contributed by atoms with E-state index < -0.39 is 5.60 Å². The van der Waals surface area contributed by atoms with Gasteiger partial charge in [0.1, 0.15) is 0 Å². The standard InChI is InChI=1S/C15H26O2/c1-9-5-6-15(17)13(2,3)10-7-11(9)14(15,4)12(16)8-10/h9-12,16-17H,5-8H2,1-4H3. The third kappa shape index (κ3) is 1.06. The van der Waals surface area contributed by atoms with Gasteiger partial charge < -0.3 is 10.2 Å². The summed E-state index contributed by atoms with van der Waals surface area (Å²) in [6, 6.07) is 0. The molecule has 4 bridgehead atoms. The van der Waals surface area contributed by atoms with Gasteiger partial charge in [0.25, 0.3) is 0 Å². The summed E-state index contributed by atoms with van der Waals surface area (Å²) in [4.78, 5) is 0. The molecule has 0 aromatic heterocycles. The number of hydrogen-bond acceptors (Lipinski definition) is 2. The van der Waals surface area contributed by atoms with Crippen LogP contribution in [0.5, 0.6) is 0 Å². The highest BCUT2D eigenvalue weighted by Gasteiger charge is 2.72. The van der Waals surface area contributed by atoms with Gasteiger partial charge in [-0.2, -0.15) is 0 Å². The van der Waals surface area contributed by atoms with Crippen LogP contribution in [0.15, 0.2) is 0 Å². The van der Waals surface area contributed by atoms with Gasteiger partial charge in [0, 0.05) is 5.41 Å². The normalized spacial score (nSPS) is 60.4. The van der Waals surface area contributed by atoms with Crippen LogP contribution >= 0.6 is 0 Å². The van der Waals surface area contributed by atoms with Crippen LogP contribution < -0.4 is 0 Å². The average Bonchev–Trinajstić information content (AvgIpc) is 2.24. The fourth-order valence-electron chi connectivity index (χ4n) is 5.67. The van der Waals surface area contributed by atoms with Crippen molar-refractivity contribution >= 4 is 0 Å². The molecule has 0 heterocycles. The molecule has 4 fully saturated rings. The van der Waals surface area contributed by atoms with Crippen molar-refractivity contribution < 1.29 is 10.2 Å². The van der Waals surface area contributed by atoms with Crippen LogP contribution in [0.3, 0.4) is 0 Å². The molecule has 98 valence electrons. The first-order valence-electron chi connectivity index (χ1n) is 7.15. The molecule has 0 aromatic carbocycles. The Hall–Kier alpha value is -0.0800. The van der Waals surface area contributed by atoms with Gasteiger partial charge in [0.05, 0.1) is 11.7 Å². The summed E-state index contributed by atoms with van der Waals surface area (Å²) < 4.78 is 0. The second-order valence-electron chi connectivity index (χ2n) is 7.67. The van der Waals surface area contributed by atoms with Crippen molar-refractivity contribution in [2.24, 2.45) is 28.6 Å². The van der Waals surface area contributed by atoms with Gasteiger partial charge in [-0.25, -0.2) is 0 Å². The Morgan fingerprint density at radius 3 is 2.41 bits per heavy atom. The first-order valence-corrected chi connectivity index (χ1v) is 7.15. The second-order valence-corrected chi connectivity index (χ2v) is 7.67. The minimum Gasteiger partial charge on any atom is -0.392 e. The van der Waals surface area contributed by atoms with Crippen molar-refractivity contribution in [2.45, 2.75) is 65.1 Å². The van der Waals surface area contributed by atoms with Crippen molar-refractivity contribution in [3.8, 4) is 0 Å². The summed E-state index contributed by atoms with van der Waals surface area (Å²) in [5.41, 5.74) is -1.00. The molecule has 4 aliphatic carbocycles. The molecule has 4 aliphatic rings. The predicted octanol–water partition coefficient (Wildman–Crippen LogP) is 2.58. The first-order chi connectivity index (χ1) is 7.75. The maximum atomic E-state index is 11.3. The summed E-state index contributed by atoms with van der Waals surface area (Å²) in [7, 11) is 0. The van der Waals surface area contributed by atoms with Gasteiger partial charge in [-0.3, -0.25) is 0 Å². The van der Waals surface area contributed by atoms with E-state index in [9.17, 15) is 10.2 Å². The van der Waals surface area contributed by atoms with Gasteiger partial charge >= 0.3 is 0 Å². The largest absolute Gasteiger partial charge is 0.392 e. The lowest BCUT2D eigenvalue weighted by molar-refractivity contribution is -0.324. The molecule has 6 unspecified atom stereocenters. The van der Waals surface area contributed by atoms with Crippen molar-refractivity contribution in [1.82, 2.24) is 0 Å². The van der Waals surface area contributed by atoms with Crippen LogP contribution in [0, 0.1) is 28.6 Å². The van der Waals surface area contributed by atoms with E-state index in [0.717, 1.165) is 19.3 Å². The molecular formula is C15H26O2. The molecule has 17 heavy (non-hydrogen) atoms. The molecule has 0 aromatic rings. The van der Waals surface area contributed by atoms with Gasteiger partial charge in [-0.15, -0.1) is 0 Å². The highest BCUT2D eigenvalue weighted by atomic mass is 16.3. The van der Waals surface area contributed by atoms with Crippen molar-refractivity contribution in [3.05, 3.63) is 0 Å². The van der Waals surface area contributed by atoms with Gasteiger partial charge in [0.2, 0.25) is 0 Å². The van der Waals surface area contributed by atoms with Crippen molar-refractivity contribution in [3.63, 3.8) is 0 Å². The summed E-state index contributed by atoms with van der Waals surface area (Å²) in [5, 5.41) is 21.8. The van der Waals surface area contributed by atoms with E-state index in [1.165, 1.54) is 6.42 Å². The van der Waals surface area contributed by atoms with Crippen LogP contribution in [0.2, 0.25) is 0 Å². The summed E-state index contributed by atoms with van der Waals surface area (Å²) in [5.74, 6) is 1.63. The van der Waals surface area contributed by atoms with E-state index >= 15 is 0 Å². The quantitative estimate of drug-likeness (QED) is 0.681. The Balaban J connectivity index is 2.17. The molecule has 0 saturated heterocycles. The predicted molar refractivity (Wildman–Crippen MR) is 67.5 cm³/mol. The van der Waals surface area contributed by atoms with Crippen LogP contribution in [0.1, 0.15) is 53.4 Å². The Bertz CT molecular complexity index is 351. The van der Waals surface area contributed by atoms with E-state index in [1.54, 1.807) is 0 Å². The van der Waals surface area contributed by atoms with Crippen LogP contribution in [-0.2, 0) is 0 Å². The lowest BCUT2D eigenvalue weighted by Gasteiger charge is -2.73. The van der Waals surface area contributed by atoms with Gasteiger partial charge in [0.15, 0.2) is 0 Å². The minimum absolute atomic E-state index is 0.0440. The smallest absolute Gasteiger partial charge is 0.0781 e. The molecule has 0 amide bonds. The third-order valence-corrected chi connectivity index (χ3v) is 7.13. The maximum absolute atomic E-state index is 11.3. The Morgan fingerprint density at radius 2 is 1.76 bits per heavy atom. The van der Waals surface area contributed by atoms with Crippen molar-refractivity contribution in [2.75, 3.05) is 0 Å². The van der Waals surface area contributed by atoms with E-state index in [-0.39, 0.29) is 16.9 Å². The summed E-state index contributed by atoms with van der Waals surface area (Å²) in [6.07, 6.45) is 3.74. The first kappa shape index (κ1) is 12.0. The highest BCUT2D eigenvalue weighted by Crippen LogP contribution is 2.71. The average molecular weight is 238 g/mol.